The number of hydrogen-bond donors (Lipinski definition) is 2. The van der Waals surface area contributed by atoms with Crippen molar-refractivity contribution in [3.05, 3.63) is 24.3 Å². The van der Waals surface area contributed by atoms with Crippen LogP contribution in [0.5, 0.6) is 5.75 Å². The Balaban J connectivity index is 1.43. The molecule has 1 aromatic rings. The SMILES string of the molecule is O=C(CC1Oc2ccccc2NC1=O)NCCN1CCCCC1. The van der Waals surface area contributed by atoms with Crippen LogP contribution in [-0.4, -0.2) is 49.0 Å². The van der Waals surface area contributed by atoms with Crippen LogP contribution in [0.15, 0.2) is 24.3 Å². The first-order chi connectivity index (χ1) is 11.2. The molecule has 1 fully saturated rings. The minimum Gasteiger partial charge on any atom is -0.478 e. The predicted octanol–water partition coefficient (Wildman–Crippen LogP) is 1.38. The van der Waals surface area contributed by atoms with Crippen LogP contribution in [0, 0.1) is 0 Å². The van der Waals surface area contributed by atoms with E-state index in [0.717, 1.165) is 19.6 Å². The van der Waals surface area contributed by atoms with Gasteiger partial charge in [-0.15, -0.1) is 0 Å². The molecule has 3 rings (SSSR count). The molecule has 0 spiro atoms. The molecule has 0 aliphatic carbocycles. The Bertz CT molecular complexity index is 570. The van der Waals surface area contributed by atoms with Crippen LogP contribution >= 0.6 is 0 Å². The molecular formula is C17H23N3O3. The van der Waals surface area contributed by atoms with Crippen molar-refractivity contribution in [2.45, 2.75) is 31.8 Å². The van der Waals surface area contributed by atoms with E-state index in [9.17, 15) is 9.59 Å². The summed E-state index contributed by atoms with van der Waals surface area (Å²) in [5, 5.41) is 5.65. The smallest absolute Gasteiger partial charge is 0.266 e. The molecule has 1 unspecified atom stereocenters. The lowest BCUT2D eigenvalue weighted by molar-refractivity contribution is -0.130. The fourth-order valence-corrected chi connectivity index (χ4v) is 3.00. The number of nitrogens with zero attached hydrogens (tertiary/aromatic N) is 1. The van der Waals surface area contributed by atoms with Gasteiger partial charge in [-0.25, -0.2) is 0 Å². The van der Waals surface area contributed by atoms with Gasteiger partial charge in [0.15, 0.2) is 6.10 Å². The van der Waals surface area contributed by atoms with Gasteiger partial charge in [-0.2, -0.15) is 0 Å². The van der Waals surface area contributed by atoms with Crippen LogP contribution in [0.2, 0.25) is 0 Å². The maximum absolute atomic E-state index is 12.0. The van der Waals surface area contributed by atoms with Gasteiger partial charge < -0.3 is 20.3 Å². The average molecular weight is 317 g/mol. The van der Waals surface area contributed by atoms with Gasteiger partial charge in [0.05, 0.1) is 12.1 Å². The number of hydrogen-bond acceptors (Lipinski definition) is 4. The molecule has 2 amide bonds. The minimum atomic E-state index is -0.764. The van der Waals surface area contributed by atoms with Crippen molar-refractivity contribution in [2.24, 2.45) is 0 Å². The lowest BCUT2D eigenvalue weighted by atomic mass is 10.1. The van der Waals surface area contributed by atoms with Crippen molar-refractivity contribution >= 4 is 17.5 Å². The number of benzene rings is 1. The highest BCUT2D eigenvalue weighted by Gasteiger charge is 2.29. The third-order valence-electron chi connectivity index (χ3n) is 4.28. The molecule has 1 aromatic carbocycles. The number of fused-ring (bicyclic) bond motifs is 1. The maximum atomic E-state index is 12.0. The summed E-state index contributed by atoms with van der Waals surface area (Å²) in [5.74, 6) is 0.189. The zero-order valence-electron chi connectivity index (χ0n) is 13.2. The summed E-state index contributed by atoms with van der Waals surface area (Å²) >= 11 is 0. The monoisotopic (exact) mass is 317 g/mol. The second-order valence-corrected chi connectivity index (χ2v) is 6.05. The van der Waals surface area contributed by atoms with Gasteiger partial charge in [0.2, 0.25) is 5.91 Å². The molecule has 6 heteroatoms. The van der Waals surface area contributed by atoms with Crippen LogP contribution in [0.3, 0.4) is 0 Å². The van der Waals surface area contributed by atoms with Gasteiger partial charge in [0.1, 0.15) is 5.75 Å². The lowest BCUT2D eigenvalue weighted by Gasteiger charge is -2.27. The van der Waals surface area contributed by atoms with E-state index in [0.29, 0.717) is 18.0 Å². The number of para-hydroxylation sites is 2. The van der Waals surface area contributed by atoms with Gasteiger partial charge >= 0.3 is 0 Å². The first-order valence-corrected chi connectivity index (χ1v) is 8.28. The van der Waals surface area contributed by atoms with Crippen LogP contribution in [0.1, 0.15) is 25.7 Å². The van der Waals surface area contributed by atoms with E-state index >= 15 is 0 Å². The summed E-state index contributed by atoms with van der Waals surface area (Å²) in [7, 11) is 0. The molecule has 2 heterocycles. The zero-order chi connectivity index (χ0) is 16.1. The minimum absolute atomic E-state index is 0.0418. The van der Waals surface area contributed by atoms with Crippen LogP contribution in [-0.2, 0) is 9.59 Å². The summed E-state index contributed by atoms with van der Waals surface area (Å²) in [4.78, 5) is 26.4. The Morgan fingerprint density at radius 2 is 2.04 bits per heavy atom. The number of likely N-dealkylation sites (tertiary alicyclic amines) is 1. The van der Waals surface area contributed by atoms with E-state index < -0.39 is 6.10 Å². The van der Waals surface area contributed by atoms with E-state index in [2.05, 4.69) is 15.5 Å². The summed E-state index contributed by atoms with van der Waals surface area (Å²) in [6.45, 7) is 3.71. The van der Waals surface area contributed by atoms with Crippen LogP contribution in [0.4, 0.5) is 5.69 Å². The quantitative estimate of drug-likeness (QED) is 0.861. The van der Waals surface area contributed by atoms with Crippen LogP contribution < -0.4 is 15.4 Å². The number of anilines is 1. The molecule has 6 nitrogen and oxygen atoms in total. The Labute approximate surface area is 136 Å². The summed E-state index contributed by atoms with van der Waals surface area (Å²) in [5.41, 5.74) is 0.652. The number of piperidine rings is 1. The fourth-order valence-electron chi connectivity index (χ4n) is 3.00. The van der Waals surface area contributed by atoms with E-state index in [-0.39, 0.29) is 18.2 Å². The van der Waals surface area contributed by atoms with Gasteiger partial charge in [0.25, 0.3) is 5.91 Å². The lowest BCUT2D eigenvalue weighted by Crippen LogP contribution is -2.42. The van der Waals surface area contributed by atoms with E-state index in [1.165, 1.54) is 19.3 Å². The van der Waals surface area contributed by atoms with Gasteiger partial charge in [-0.1, -0.05) is 18.6 Å². The molecule has 1 atom stereocenters. The number of carbonyl (C=O) groups is 2. The fraction of sp³-hybridized carbons (Fsp3) is 0.529. The summed E-state index contributed by atoms with van der Waals surface area (Å²) < 4.78 is 5.63. The Morgan fingerprint density at radius 1 is 1.26 bits per heavy atom. The topological polar surface area (TPSA) is 70.7 Å². The number of amides is 2. The Morgan fingerprint density at radius 3 is 2.87 bits per heavy atom. The molecule has 2 aliphatic rings. The first kappa shape index (κ1) is 15.8. The second kappa shape index (κ2) is 7.46. The highest BCUT2D eigenvalue weighted by molar-refractivity contribution is 5.99. The maximum Gasteiger partial charge on any atom is 0.266 e. The van der Waals surface area contributed by atoms with Crippen molar-refractivity contribution in [1.82, 2.24) is 10.2 Å². The molecular weight excluding hydrogens is 294 g/mol. The van der Waals surface area contributed by atoms with Crippen molar-refractivity contribution in [3.63, 3.8) is 0 Å². The van der Waals surface area contributed by atoms with Crippen molar-refractivity contribution in [1.29, 1.82) is 0 Å². The molecule has 2 N–H and O–H groups in total. The zero-order valence-corrected chi connectivity index (χ0v) is 13.2. The van der Waals surface area contributed by atoms with E-state index in [1.54, 1.807) is 12.1 Å². The Kier molecular flexibility index (Phi) is 5.12. The third-order valence-corrected chi connectivity index (χ3v) is 4.28. The molecule has 0 bridgehead atoms. The predicted molar refractivity (Wildman–Crippen MR) is 87.4 cm³/mol. The number of nitrogens with one attached hydrogen (secondary N) is 2. The molecule has 124 valence electrons. The molecule has 2 aliphatic heterocycles. The van der Waals surface area contributed by atoms with E-state index in [1.807, 2.05) is 12.1 Å². The average Bonchev–Trinajstić information content (AvgIpc) is 2.56. The van der Waals surface area contributed by atoms with Gasteiger partial charge in [-0.05, 0) is 38.1 Å². The highest BCUT2D eigenvalue weighted by atomic mass is 16.5. The third kappa shape index (κ3) is 4.22. The van der Waals surface area contributed by atoms with Crippen LogP contribution in [0.25, 0.3) is 0 Å². The molecule has 23 heavy (non-hydrogen) atoms. The van der Waals surface area contributed by atoms with Gasteiger partial charge in [-0.3, -0.25) is 9.59 Å². The van der Waals surface area contributed by atoms with Crippen molar-refractivity contribution < 1.29 is 14.3 Å². The number of rotatable bonds is 5. The number of ether oxygens (including phenoxy) is 1. The summed E-state index contributed by atoms with van der Waals surface area (Å²) in [6.07, 6.45) is 3.06. The normalized spacial score (nSPS) is 21.0. The second-order valence-electron chi connectivity index (χ2n) is 6.05. The largest absolute Gasteiger partial charge is 0.478 e. The summed E-state index contributed by atoms with van der Waals surface area (Å²) in [6, 6.07) is 7.24. The molecule has 0 saturated carbocycles. The standard InChI is InChI=1S/C17H23N3O3/c21-16(18-8-11-20-9-4-1-5-10-20)12-15-17(22)19-13-6-2-3-7-14(13)23-15/h2-3,6-7,15H,1,4-5,8-12H2,(H,18,21)(H,19,22). The van der Waals surface area contributed by atoms with E-state index in [4.69, 9.17) is 4.74 Å². The van der Waals surface area contributed by atoms with Crippen molar-refractivity contribution in [3.8, 4) is 5.75 Å². The molecule has 0 aromatic heterocycles. The first-order valence-electron chi connectivity index (χ1n) is 8.28. The highest BCUT2D eigenvalue weighted by Crippen LogP contribution is 2.29. The van der Waals surface area contributed by atoms with Crippen molar-refractivity contribution in [2.75, 3.05) is 31.5 Å². The Hall–Kier alpha value is -2.08. The molecule has 0 radical (unpaired) electrons. The molecule has 1 saturated heterocycles. The van der Waals surface area contributed by atoms with Gasteiger partial charge in [0, 0.05) is 13.1 Å². The number of carbonyl (C=O) groups excluding carboxylic acids is 2.